The lowest BCUT2D eigenvalue weighted by Gasteiger charge is -2.28. The van der Waals surface area contributed by atoms with E-state index in [0.29, 0.717) is 0 Å². The van der Waals surface area contributed by atoms with Crippen molar-refractivity contribution in [1.29, 1.82) is 0 Å². The minimum absolute atomic E-state index is 0.130. The number of allylic oxidation sites excluding steroid dienone is 10. The number of rotatable bonds is 6. The molecule has 0 spiro atoms. The normalized spacial score (nSPS) is 13.1. The Hall–Kier alpha value is -1.56. The van der Waals surface area contributed by atoms with E-state index in [1.54, 1.807) is 0 Å². The van der Waals surface area contributed by atoms with E-state index in [2.05, 4.69) is 79.0 Å². The summed E-state index contributed by atoms with van der Waals surface area (Å²) in [4.78, 5) is 0. The maximum atomic E-state index is 4.26. The minimum atomic E-state index is -0.130. The van der Waals surface area contributed by atoms with Crippen LogP contribution in [0, 0.1) is 10.8 Å². The number of hydrogen-bond acceptors (Lipinski definition) is 0. The first-order valence-corrected chi connectivity index (χ1v) is 9.61. The molecule has 0 saturated heterocycles. The van der Waals surface area contributed by atoms with Crippen LogP contribution in [-0.2, 0) is 0 Å². The second-order valence-electron chi connectivity index (χ2n) is 6.83. The molecule has 0 aliphatic carbocycles. The van der Waals surface area contributed by atoms with E-state index in [9.17, 15) is 0 Å². The monoisotopic (exact) mass is 344 g/mol. The first kappa shape index (κ1) is 28.3. The molecule has 0 aliphatic rings. The molecule has 0 rings (SSSR count). The van der Waals surface area contributed by atoms with Crippen LogP contribution in [0.5, 0.6) is 0 Å². The van der Waals surface area contributed by atoms with Gasteiger partial charge in [-0.3, -0.25) is 0 Å². The highest BCUT2D eigenvalue weighted by Crippen LogP contribution is 2.36. The average Bonchev–Trinajstić information content (AvgIpc) is 2.58. The van der Waals surface area contributed by atoms with Crippen LogP contribution in [0.2, 0.25) is 0 Å². The molecule has 0 N–H and O–H groups in total. The first-order valence-electron chi connectivity index (χ1n) is 9.61. The molecule has 0 atom stereocenters. The predicted molar refractivity (Wildman–Crippen MR) is 121 cm³/mol. The van der Waals surface area contributed by atoms with Crippen LogP contribution in [0.1, 0.15) is 76.2 Å². The molecule has 144 valence electrons. The lowest BCUT2D eigenvalue weighted by molar-refractivity contribution is 0.515. The molecule has 0 aromatic heterocycles. The molecule has 0 unspecified atom stereocenters. The fourth-order valence-electron chi connectivity index (χ4n) is 2.09. The summed E-state index contributed by atoms with van der Waals surface area (Å²) >= 11 is 0. The van der Waals surface area contributed by atoms with Gasteiger partial charge in [-0.1, -0.05) is 118 Å². The Morgan fingerprint density at radius 1 is 0.800 bits per heavy atom. The van der Waals surface area contributed by atoms with Crippen LogP contribution < -0.4 is 0 Å². The lowest BCUT2D eigenvalue weighted by Crippen LogP contribution is -2.15. The van der Waals surface area contributed by atoms with Crippen molar-refractivity contribution in [2.75, 3.05) is 0 Å². The molecule has 0 fully saturated rings. The molecule has 0 heterocycles. The zero-order valence-electron chi connectivity index (χ0n) is 19.0. The zero-order chi connectivity index (χ0) is 20.7. The predicted octanol–water partition coefficient (Wildman–Crippen LogP) is 8.86. The second kappa shape index (κ2) is 14.8. The Morgan fingerprint density at radius 3 is 1.60 bits per heavy atom. The van der Waals surface area contributed by atoms with Gasteiger partial charge in [-0.25, -0.2) is 0 Å². The fraction of sp³-hybridized carbons (Fsp3) is 0.520. The van der Waals surface area contributed by atoms with Crippen molar-refractivity contribution in [3.8, 4) is 0 Å². The quantitative estimate of drug-likeness (QED) is 0.422. The molecule has 0 aliphatic heterocycles. The van der Waals surface area contributed by atoms with E-state index < -0.39 is 0 Å². The summed E-state index contributed by atoms with van der Waals surface area (Å²) in [5, 5.41) is 0. The van der Waals surface area contributed by atoms with Gasteiger partial charge in [0, 0.05) is 5.41 Å². The smallest absolute Gasteiger partial charge is 0.0140 e. The van der Waals surface area contributed by atoms with Crippen molar-refractivity contribution < 1.29 is 0 Å². The highest BCUT2D eigenvalue weighted by Gasteiger charge is 2.23. The lowest BCUT2D eigenvalue weighted by atomic mass is 9.76. The van der Waals surface area contributed by atoms with E-state index >= 15 is 0 Å². The van der Waals surface area contributed by atoms with Gasteiger partial charge in [0.1, 0.15) is 0 Å². The molecule has 0 bridgehead atoms. The highest BCUT2D eigenvalue weighted by atomic mass is 14.3. The Labute approximate surface area is 159 Å². The van der Waals surface area contributed by atoms with E-state index in [-0.39, 0.29) is 10.8 Å². The summed E-state index contributed by atoms with van der Waals surface area (Å²) in [6.45, 7) is 31.3. The van der Waals surface area contributed by atoms with Crippen molar-refractivity contribution in [1.82, 2.24) is 0 Å². The summed E-state index contributed by atoms with van der Waals surface area (Å²) in [6, 6.07) is 0. The van der Waals surface area contributed by atoms with E-state index in [4.69, 9.17) is 0 Å². The molecule has 0 aromatic rings. The van der Waals surface area contributed by atoms with Crippen LogP contribution in [0.25, 0.3) is 0 Å². The van der Waals surface area contributed by atoms with Gasteiger partial charge in [0.2, 0.25) is 0 Å². The highest BCUT2D eigenvalue weighted by molar-refractivity contribution is 5.41. The summed E-state index contributed by atoms with van der Waals surface area (Å²) in [6.07, 6.45) is 14.6. The van der Waals surface area contributed by atoms with Crippen molar-refractivity contribution in [2.45, 2.75) is 76.2 Å². The molecule has 0 aromatic carbocycles. The van der Waals surface area contributed by atoms with Crippen LogP contribution in [0.4, 0.5) is 0 Å². The van der Waals surface area contributed by atoms with Crippen molar-refractivity contribution in [2.24, 2.45) is 10.8 Å². The summed E-state index contributed by atoms with van der Waals surface area (Å²) in [7, 11) is 0. The van der Waals surface area contributed by atoms with Gasteiger partial charge < -0.3 is 0 Å². The van der Waals surface area contributed by atoms with Gasteiger partial charge in [0.15, 0.2) is 0 Å². The van der Waals surface area contributed by atoms with Gasteiger partial charge in [-0.2, -0.15) is 0 Å². The Bertz CT molecular complexity index is 483. The average molecular weight is 345 g/mol. The second-order valence-corrected chi connectivity index (χ2v) is 6.83. The maximum Gasteiger partial charge on any atom is 0.0140 e. The van der Waals surface area contributed by atoms with Gasteiger partial charge >= 0.3 is 0 Å². The third-order valence-electron chi connectivity index (χ3n) is 3.85. The molecule has 0 amide bonds. The molecular formula is C25H44. The molecule has 0 nitrogen and oxygen atoms in total. The minimum Gasteiger partial charge on any atom is -0.0988 e. The largest absolute Gasteiger partial charge is 0.0988 e. The molecular weight excluding hydrogens is 300 g/mol. The Kier molecular flexibility index (Phi) is 16.7. The Balaban J connectivity index is -0.00000112. The first-order chi connectivity index (χ1) is 11.6. The van der Waals surface area contributed by atoms with Gasteiger partial charge in [-0.05, 0) is 36.0 Å². The zero-order valence-corrected chi connectivity index (χ0v) is 19.0. The molecule has 0 heteroatoms. The summed E-state index contributed by atoms with van der Waals surface area (Å²) in [5.41, 5.74) is 3.60. The standard InChI is InChI=1S/C21H32.2C2H6/c1-10-13-14-19(12-3)21(8,9)17(4)15-16-18(11-2)20(5,6)7;2*1-2/h10-16H,3-4H2,1-2,5-9H3;2*1-2H3/b13-10-,16-15-,18-11+,19-14+;;. The van der Waals surface area contributed by atoms with Crippen molar-refractivity contribution in [3.05, 3.63) is 72.4 Å². The van der Waals surface area contributed by atoms with Crippen molar-refractivity contribution in [3.63, 3.8) is 0 Å². The van der Waals surface area contributed by atoms with Crippen LogP contribution in [-0.4, -0.2) is 0 Å². The van der Waals surface area contributed by atoms with Crippen LogP contribution >= 0.6 is 0 Å². The maximum absolute atomic E-state index is 4.26. The number of hydrogen-bond donors (Lipinski definition) is 0. The third kappa shape index (κ3) is 10.8. The van der Waals surface area contributed by atoms with E-state index in [0.717, 1.165) is 5.57 Å². The van der Waals surface area contributed by atoms with Gasteiger partial charge in [0.25, 0.3) is 0 Å². The third-order valence-corrected chi connectivity index (χ3v) is 3.85. The van der Waals surface area contributed by atoms with Gasteiger partial charge in [-0.15, -0.1) is 0 Å². The van der Waals surface area contributed by atoms with Gasteiger partial charge in [0.05, 0.1) is 0 Å². The Morgan fingerprint density at radius 2 is 1.28 bits per heavy atom. The van der Waals surface area contributed by atoms with Crippen LogP contribution in [0.3, 0.4) is 0 Å². The summed E-state index contributed by atoms with van der Waals surface area (Å²) < 4.78 is 0. The van der Waals surface area contributed by atoms with E-state index in [1.165, 1.54) is 11.1 Å². The molecule has 25 heavy (non-hydrogen) atoms. The molecule has 0 radical (unpaired) electrons. The van der Waals surface area contributed by atoms with Crippen LogP contribution in [0.15, 0.2) is 72.4 Å². The fourth-order valence-corrected chi connectivity index (χ4v) is 2.09. The SMILES string of the molecule is C=C/C(=C\C=C/C)C(C)(C)C(=C)/C=C\C(=C/C)C(C)(C)C.CC.CC. The van der Waals surface area contributed by atoms with E-state index in [1.807, 2.05) is 52.8 Å². The van der Waals surface area contributed by atoms with Crippen molar-refractivity contribution >= 4 is 0 Å². The summed E-state index contributed by atoms with van der Waals surface area (Å²) in [5.74, 6) is 0. The molecule has 0 saturated carbocycles. The topological polar surface area (TPSA) is 0 Å².